The first-order valence-electron chi connectivity index (χ1n) is 9.68. The zero-order valence-electron chi connectivity index (χ0n) is 17.0. The second-order valence-electron chi connectivity index (χ2n) is 6.82. The summed E-state index contributed by atoms with van der Waals surface area (Å²) in [6, 6.07) is 9.67. The monoisotopic (exact) mass is 399 g/mol. The molecule has 0 atom stereocenters. The fourth-order valence-electron chi connectivity index (χ4n) is 3.13. The zero-order chi connectivity index (χ0) is 20.8. The SMILES string of the molecule is CCCNC(=O)c1cc(OCc2ccc(F)cc2)c2c(c1)nc(C)n2CCOC. The van der Waals surface area contributed by atoms with Gasteiger partial charge in [0.2, 0.25) is 0 Å². The van der Waals surface area contributed by atoms with Gasteiger partial charge in [-0.25, -0.2) is 9.37 Å². The molecule has 0 aliphatic heterocycles. The number of hydrogen-bond donors (Lipinski definition) is 1. The number of rotatable bonds is 9. The van der Waals surface area contributed by atoms with E-state index in [1.54, 1.807) is 31.4 Å². The van der Waals surface area contributed by atoms with Crippen molar-refractivity contribution in [3.05, 3.63) is 59.2 Å². The minimum absolute atomic E-state index is 0.163. The number of aromatic nitrogens is 2. The molecule has 7 heteroatoms. The fourth-order valence-corrected chi connectivity index (χ4v) is 3.13. The van der Waals surface area contributed by atoms with Crippen molar-refractivity contribution < 1.29 is 18.7 Å². The summed E-state index contributed by atoms with van der Waals surface area (Å²) in [5.41, 5.74) is 2.84. The van der Waals surface area contributed by atoms with E-state index in [4.69, 9.17) is 9.47 Å². The van der Waals surface area contributed by atoms with Crippen molar-refractivity contribution in [3.8, 4) is 5.75 Å². The predicted octanol–water partition coefficient (Wildman–Crippen LogP) is 3.85. The van der Waals surface area contributed by atoms with Crippen molar-refractivity contribution in [3.63, 3.8) is 0 Å². The molecule has 3 aromatic rings. The molecule has 1 aromatic heterocycles. The van der Waals surface area contributed by atoms with Crippen molar-refractivity contribution in [2.24, 2.45) is 0 Å². The number of halogens is 1. The molecular weight excluding hydrogens is 373 g/mol. The summed E-state index contributed by atoms with van der Waals surface area (Å²) >= 11 is 0. The lowest BCUT2D eigenvalue weighted by atomic mass is 10.1. The number of carbonyl (C=O) groups is 1. The van der Waals surface area contributed by atoms with Gasteiger partial charge in [-0.2, -0.15) is 0 Å². The Morgan fingerprint density at radius 2 is 2.00 bits per heavy atom. The molecule has 0 aliphatic carbocycles. The molecule has 6 nitrogen and oxygen atoms in total. The Hall–Kier alpha value is -2.93. The van der Waals surface area contributed by atoms with Crippen LogP contribution in [0.4, 0.5) is 4.39 Å². The van der Waals surface area contributed by atoms with Crippen LogP contribution in [0, 0.1) is 12.7 Å². The van der Waals surface area contributed by atoms with E-state index in [9.17, 15) is 9.18 Å². The molecule has 154 valence electrons. The van der Waals surface area contributed by atoms with Crippen LogP contribution in [-0.2, 0) is 17.9 Å². The topological polar surface area (TPSA) is 65.4 Å². The average Bonchev–Trinajstić information content (AvgIpc) is 3.04. The number of imidazole rings is 1. The molecule has 2 aromatic carbocycles. The van der Waals surface area contributed by atoms with Crippen LogP contribution in [0.2, 0.25) is 0 Å². The second kappa shape index (κ2) is 9.52. The highest BCUT2D eigenvalue weighted by Crippen LogP contribution is 2.30. The first kappa shape index (κ1) is 20.8. The van der Waals surface area contributed by atoms with Crippen LogP contribution in [0.1, 0.15) is 35.1 Å². The van der Waals surface area contributed by atoms with Gasteiger partial charge in [-0.15, -0.1) is 0 Å². The number of benzene rings is 2. The van der Waals surface area contributed by atoms with Crippen molar-refractivity contribution in [1.82, 2.24) is 14.9 Å². The quantitative estimate of drug-likeness (QED) is 0.594. The summed E-state index contributed by atoms with van der Waals surface area (Å²) in [5.74, 6) is 0.920. The van der Waals surface area contributed by atoms with E-state index >= 15 is 0 Å². The van der Waals surface area contributed by atoms with Crippen LogP contribution in [0.25, 0.3) is 11.0 Å². The third-order valence-corrected chi connectivity index (χ3v) is 4.62. The summed E-state index contributed by atoms with van der Waals surface area (Å²) < 4.78 is 26.5. The highest BCUT2D eigenvalue weighted by molar-refractivity contribution is 5.99. The molecule has 1 amide bonds. The van der Waals surface area contributed by atoms with Gasteiger partial charge >= 0.3 is 0 Å². The van der Waals surface area contributed by atoms with Gasteiger partial charge in [-0.3, -0.25) is 4.79 Å². The Morgan fingerprint density at radius 3 is 2.69 bits per heavy atom. The van der Waals surface area contributed by atoms with E-state index in [-0.39, 0.29) is 18.3 Å². The standard InChI is InChI=1S/C22H26FN3O3/c1-4-9-24-22(27)17-12-19-21(26(10-11-28-3)15(2)25-19)20(13-17)29-14-16-5-7-18(23)8-6-16/h5-8,12-13H,4,9-11,14H2,1-3H3,(H,24,27). The molecule has 0 unspecified atom stereocenters. The van der Waals surface area contributed by atoms with Gasteiger partial charge in [0.25, 0.3) is 5.91 Å². The van der Waals surface area contributed by atoms with E-state index in [0.29, 0.717) is 36.5 Å². The lowest BCUT2D eigenvalue weighted by Crippen LogP contribution is -2.24. The largest absolute Gasteiger partial charge is 0.487 e. The first-order chi connectivity index (χ1) is 14.0. The number of methoxy groups -OCH3 is 1. The maximum atomic E-state index is 13.2. The molecular formula is C22H26FN3O3. The molecule has 0 radical (unpaired) electrons. The Bertz CT molecular complexity index is 983. The third-order valence-electron chi connectivity index (χ3n) is 4.62. The van der Waals surface area contributed by atoms with E-state index in [2.05, 4.69) is 10.3 Å². The highest BCUT2D eigenvalue weighted by Gasteiger charge is 2.17. The predicted molar refractivity (Wildman–Crippen MR) is 110 cm³/mol. The maximum Gasteiger partial charge on any atom is 0.251 e. The summed E-state index contributed by atoms with van der Waals surface area (Å²) in [5, 5.41) is 2.89. The van der Waals surface area contributed by atoms with E-state index in [0.717, 1.165) is 23.3 Å². The summed E-state index contributed by atoms with van der Waals surface area (Å²) in [4.78, 5) is 17.1. The molecule has 0 saturated carbocycles. The molecule has 1 heterocycles. The number of hydrogen-bond acceptors (Lipinski definition) is 4. The zero-order valence-corrected chi connectivity index (χ0v) is 17.0. The second-order valence-corrected chi connectivity index (χ2v) is 6.82. The van der Waals surface area contributed by atoms with Crippen LogP contribution in [0.3, 0.4) is 0 Å². The summed E-state index contributed by atoms with van der Waals surface area (Å²) in [6.07, 6.45) is 0.854. The number of carbonyl (C=O) groups excluding carboxylic acids is 1. The number of nitrogens with one attached hydrogen (secondary N) is 1. The van der Waals surface area contributed by atoms with Gasteiger partial charge in [-0.05, 0) is 43.2 Å². The lowest BCUT2D eigenvalue weighted by Gasteiger charge is -2.13. The minimum Gasteiger partial charge on any atom is -0.487 e. The Kier molecular flexibility index (Phi) is 6.82. The number of fused-ring (bicyclic) bond motifs is 1. The van der Waals surface area contributed by atoms with Gasteiger partial charge < -0.3 is 19.4 Å². The number of ether oxygens (including phenoxy) is 2. The number of amides is 1. The Labute approximate surface area is 169 Å². The minimum atomic E-state index is -0.293. The molecule has 0 bridgehead atoms. The van der Waals surface area contributed by atoms with Crippen molar-refractivity contribution in [2.45, 2.75) is 33.4 Å². The Morgan fingerprint density at radius 1 is 1.24 bits per heavy atom. The number of nitrogens with zero attached hydrogens (tertiary/aromatic N) is 2. The van der Waals surface area contributed by atoms with Crippen molar-refractivity contribution in [1.29, 1.82) is 0 Å². The van der Waals surface area contributed by atoms with Gasteiger partial charge in [-0.1, -0.05) is 19.1 Å². The molecule has 29 heavy (non-hydrogen) atoms. The van der Waals surface area contributed by atoms with Gasteiger partial charge in [0.05, 0.1) is 12.1 Å². The third kappa shape index (κ3) is 4.92. The van der Waals surface area contributed by atoms with Crippen molar-refractivity contribution >= 4 is 16.9 Å². The van der Waals surface area contributed by atoms with Gasteiger partial charge in [0, 0.05) is 25.8 Å². The highest BCUT2D eigenvalue weighted by atomic mass is 19.1. The van der Waals surface area contributed by atoms with Gasteiger partial charge in [0.15, 0.2) is 0 Å². The number of aryl methyl sites for hydroxylation is 1. The van der Waals surface area contributed by atoms with E-state index < -0.39 is 0 Å². The average molecular weight is 399 g/mol. The van der Waals surface area contributed by atoms with Crippen LogP contribution >= 0.6 is 0 Å². The molecule has 0 aliphatic rings. The van der Waals surface area contributed by atoms with Gasteiger partial charge in [0.1, 0.15) is 29.5 Å². The lowest BCUT2D eigenvalue weighted by molar-refractivity contribution is 0.0953. The summed E-state index contributed by atoms with van der Waals surface area (Å²) in [7, 11) is 1.65. The normalized spacial score (nSPS) is 11.0. The van der Waals surface area contributed by atoms with Crippen LogP contribution in [0.5, 0.6) is 5.75 Å². The molecule has 0 spiro atoms. The molecule has 3 rings (SSSR count). The van der Waals surface area contributed by atoms with E-state index in [1.165, 1.54) is 12.1 Å². The van der Waals surface area contributed by atoms with Crippen LogP contribution in [0.15, 0.2) is 36.4 Å². The fraction of sp³-hybridized carbons (Fsp3) is 0.364. The molecule has 1 N–H and O–H groups in total. The van der Waals surface area contributed by atoms with Crippen LogP contribution < -0.4 is 10.1 Å². The molecule has 0 fully saturated rings. The van der Waals surface area contributed by atoms with Crippen LogP contribution in [-0.4, -0.2) is 35.7 Å². The first-order valence-corrected chi connectivity index (χ1v) is 9.68. The van der Waals surface area contributed by atoms with E-state index in [1.807, 2.05) is 18.4 Å². The maximum absolute atomic E-state index is 13.2. The summed E-state index contributed by atoms with van der Waals surface area (Å²) in [6.45, 7) is 5.92. The smallest absolute Gasteiger partial charge is 0.251 e. The Balaban J connectivity index is 1.99. The molecule has 0 saturated heterocycles. The van der Waals surface area contributed by atoms with Crippen molar-refractivity contribution in [2.75, 3.05) is 20.3 Å².